The number of primary amides is 1. The zero-order valence-electron chi connectivity index (χ0n) is 13.8. The van der Waals surface area contributed by atoms with Crippen LogP contribution in [0.15, 0.2) is 30.6 Å². The van der Waals surface area contributed by atoms with Gasteiger partial charge in [-0.05, 0) is 38.4 Å². The maximum Gasteiger partial charge on any atom is 0.231 e. The van der Waals surface area contributed by atoms with Gasteiger partial charge in [0.05, 0.1) is 24.6 Å². The molecule has 7 heteroatoms. The second kappa shape index (κ2) is 7.35. The summed E-state index contributed by atoms with van der Waals surface area (Å²) >= 11 is 0. The van der Waals surface area contributed by atoms with Crippen molar-refractivity contribution >= 4 is 17.5 Å². The number of pyridine rings is 1. The average molecular weight is 326 g/mol. The highest BCUT2D eigenvalue weighted by Gasteiger charge is 2.23. The number of rotatable bonds is 5. The van der Waals surface area contributed by atoms with Crippen LogP contribution in [-0.2, 0) is 4.79 Å². The van der Waals surface area contributed by atoms with Crippen LogP contribution < -0.4 is 11.1 Å². The Morgan fingerprint density at radius 3 is 2.92 bits per heavy atom. The van der Waals surface area contributed by atoms with E-state index < -0.39 is 0 Å². The molecule has 1 saturated heterocycles. The number of amides is 1. The first kappa shape index (κ1) is 16.3. The van der Waals surface area contributed by atoms with Gasteiger partial charge in [0.2, 0.25) is 5.91 Å². The minimum absolute atomic E-state index is 0.285. The van der Waals surface area contributed by atoms with E-state index in [9.17, 15) is 4.79 Å². The molecule has 126 valence electrons. The SMILES string of the molecule is Cc1cccc(Nc2cnc(C3CCCN(CC(N)=O)C3)cn2)n1. The van der Waals surface area contributed by atoms with Crippen molar-refractivity contribution < 1.29 is 4.79 Å². The molecule has 1 unspecified atom stereocenters. The van der Waals surface area contributed by atoms with Crippen LogP contribution in [0.25, 0.3) is 0 Å². The number of carbonyl (C=O) groups excluding carboxylic acids is 1. The first-order valence-electron chi connectivity index (χ1n) is 8.13. The molecule has 2 aromatic heterocycles. The van der Waals surface area contributed by atoms with E-state index in [1.54, 1.807) is 12.4 Å². The fourth-order valence-electron chi connectivity index (χ4n) is 3.02. The standard InChI is InChI=1S/C17H22N6O/c1-12-4-2-6-16(21-12)22-17-9-19-14(8-20-17)13-5-3-7-23(10-13)11-15(18)24/h2,4,6,8-9,13H,3,5,7,10-11H2,1H3,(H2,18,24)(H,20,21,22). The second-order valence-electron chi connectivity index (χ2n) is 6.16. The fourth-order valence-corrected chi connectivity index (χ4v) is 3.02. The summed E-state index contributed by atoms with van der Waals surface area (Å²) < 4.78 is 0. The number of aromatic nitrogens is 3. The Morgan fingerprint density at radius 2 is 2.21 bits per heavy atom. The molecular weight excluding hydrogens is 304 g/mol. The van der Waals surface area contributed by atoms with Gasteiger partial charge in [0.25, 0.3) is 0 Å². The lowest BCUT2D eigenvalue weighted by Crippen LogP contribution is -2.40. The second-order valence-corrected chi connectivity index (χ2v) is 6.16. The van der Waals surface area contributed by atoms with E-state index in [1.165, 1.54) is 0 Å². The number of hydrogen-bond acceptors (Lipinski definition) is 6. The first-order valence-corrected chi connectivity index (χ1v) is 8.13. The molecule has 3 rings (SSSR count). The van der Waals surface area contributed by atoms with Gasteiger partial charge in [-0.2, -0.15) is 0 Å². The number of nitrogens with two attached hydrogens (primary N) is 1. The van der Waals surface area contributed by atoms with Crippen LogP contribution >= 0.6 is 0 Å². The molecule has 0 bridgehead atoms. The Bertz CT molecular complexity index is 702. The number of piperidine rings is 1. The van der Waals surface area contributed by atoms with E-state index in [4.69, 9.17) is 5.73 Å². The third-order valence-corrected chi connectivity index (χ3v) is 4.12. The summed E-state index contributed by atoms with van der Waals surface area (Å²) in [6.07, 6.45) is 5.62. The lowest BCUT2D eigenvalue weighted by atomic mass is 9.95. The van der Waals surface area contributed by atoms with Crippen molar-refractivity contribution in [1.29, 1.82) is 0 Å². The van der Waals surface area contributed by atoms with Crippen molar-refractivity contribution in [3.8, 4) is 0 Å². The predicted octanol–water partition coefficient (Wildman–Crippen LogP) is 1.59. The van der Waals surface area contributed by atoms with Crippen LogP contribution in [0.1, 0.15) is 30.1 Å². The quantitative estimate of drug-likeness (QED) is 0.866. The number of nitrogens with one attached hydrogen (secondary N) is 1. The number of likely N-dealkylation sites (tertiary alicyclic amines) is 1. The van der Waals surface area contributed by atoms with E-state index in [0.717, 1.165) is 43.1 Å². The lowest BCUT2D eigenvalue weighted by molar-refractivity contribution is -0.119. The molecule has 0 spiro atoms. The minimum Gasteiger partial charge on any atom is -0.369 e. The summed E-state index contributed by atoms with van der Waals surface area (Å²) in [4.78, 5) is 26.5. The summed E-state index contributed by atoms with van der Waals surface area (Å²) in [5.41, 5.74) is 7.18. The summed E-state index contributed by atoms with van der Waals surface area (Å²) in [7, 11) is 0. The monoisotopic (exact) mass is 326 g/mol. The zero-order valence-corrected chi connectivity index (χ0v) is 13.8. The van der Waals surface area contributed by atoms with Gasteiger partial charge in [0, 0.05) is 18.2 Å². The minimum atomic E-state index is -0.285. The molecule has 0 saturated carbocycles. The van der Waals surface area contributed by atoms with Crippen molar-refractivity contribution in [3.63, 3.8) is 0 Å². The summed E-state index contributed by atoms with van der Waals surface area (Å²) in [5.74, 6) is 1.42. The van der Waals surface area contributed by atoms with E-state index in [1.807, 2.05) is 25.1 Å². The summed E-state index contributed by atoms with van der Waals surface area (Å²) in [6.45, 7) is 3.96. The molecule has 7 nitrogen and oxygen atoms in total. The highest BCUT2D eigenvalue weighted by atomic mass is 16.1. The van der Waals surface area contributed by atoms with Crippen LogP contribution in [0.4, 0.5) is 11.6 Å². The number of nitrogens with zero attached hydrogens (tertiary/aromatic N) is 4. The van der Waals surface area contributed by atoms with Crippen LogP contribution in [-0.4, -0.2) is 45.4 Å². The number of anilines is 2. The van der Waals surface area contributed by atoms with Gasteiger partial charge >= 0.3 is 0 Å². The molecule has 1 aliphatic rings. The molecule has 0 aliphatic carbocycles. The fraction of sp³-hybridized carbons (Fsp3) is 0.412. The van der Waals surface area contributed by atoms with Gasteiger partial charge in [-0.3, -0.25) is 14.7 Å². The van der Waals surface area contributed by atoms with Crippen molar-refractivity contribution in [2.45, 2.75) is 25.7 Å². The molecule has 3 N–H and O–H groups in total. The molecule has 0 aromatic carbocycles. The maximum atomic E-state index is 11.1. The Kier molecular flexibility index (Phi) is 5.00. The normalized spacial score (nSPS) is 18.3. The van der Waals surface area contributed by atoms with Gasteiger partial charge in [0.15, 0.2) is 0 Å². The number of carbonyl (C=O) groups is 1. The summed E-state index contributed by atoms with van der Waals surface area (Å²) in [5, 5.41) is 3.15. The molecule has 0 radical (unpaired) electrons. The smallest absolute Gasteiger partial charge is 0.231 e. The van der Waals surface area contributed by atoms with Crippen molar-refractivity contribution in [1.82, 2.24) is 19.9 Å². The molecule has 1 fully saturated rings. The van der Waals surface area contributed by atoms with Crippen molar-refractivity contribution in [2.75, 3.05) is 25.0 Å². The van der Waals surface area contributed by atoms with E-state index in [0.29, 0.717) is 12.4 Å². The number of hydrogen-bond donors (Lipinski definition) is 2. The third kappa shape index (κ3) is 4.26. The Balaban J connectivity index is 1.64. The molecule has 24 heavy (non-hydrogen) atoms. The Hall–Kier alpha value is -2.54. The average Bonchev–Trinajstić information content (AvgIpc) is 2.55. The van der Waals surface area contributed by atoms with Crippen LogP contribution in [0.5, 0.6) is 0 Å². The Morgan fingerprint density at radius 1 is 1.33 bits per heavy atom. The Labute approximate surface area is 141 Å². The first-order chi connectivity index (χ1) is 11.6. The van der Waals surface area contributed by atoms with Crippen molar-refractivity contribution in [2.24, 2.45) is 5.73 Å². The molecule has 2 aromatic rings. The van der Waals surface area contributed by atoms with Gasteiger partial charge < -0.3 is 11.1 Å². The lowest BCUT2D eigenvalue weighted by Gasteiger charge is -2.31. The highest BCUT2D eigenvalue weighted by molar-refractivity contribution is 5.75. The predicted molar refractivity (Wildman–Crippen MR) is 91.9 cm³/mol. The zero-order chi connectivity index (χ0) is 16.9. The summed E-state index contributed by atoms with van der Waals surface area (Å²) in [6, 6.07) is 5.79. The maximum absolute atomic E-state index is 11.1. The molecule has 1 aliphatic heterocycles. The highest BCUT2D eigenvalue weighted by Crippen LogP contribution is 2.25. The largest absolute Gasteiger partial charge is 0.369 e. The van der Waals surface area contributed by atoms with E-state index in [2.05, 4.69) is 25.2 Å². The molecule has 1 amide bonds. The van der Waals surface area contributed by atoms with E-state index >= 15 is 0 Å². The topological polar surface area (TPSA) is 97.0 Å². The van der Waals surface area contributed by atoms with Crippen LogP contribution in [0.3, 0.4) is 0 Å². The van der Waals surface area contributed by atoms with Crippen LogP contribution in [0.2, 0.25) is 0 Å². The molecule has 3 heterocycles. The molecular formula is C17H22N6O. The van der Waals surface area contributed by atoms with Gasteiger partial charge in [-0.25, -0.2) is 9.97 Å². The van der Waals surface area contributed by atoms with Gasteiger partial charge in [0.1, 0.15) is 11.6 Å². The van der Waals surface area contributed by atoms with Crippen molar-refractivity contribution in [3.05, 3.63) is 42.0 Å². The molecule has 1 atom stereocenters. The van der Waals surface area contributed by atoms with E-state index in [-0.39, 0.29) is 11.8 Å². The number of aryl methyl sites for hydroxylation is 1. The van der Waals surface area contributed by atoms with Gasteiger partial charge in [-0.1, -0.05) is 6.07 Å². The van der Waals surface area contributed by atoms with Gasteiger partial charge in [-0.15, -0.1) is 0 Å². The van der Waals surface area contributed by atoms with Crippen LogP contribution in [0, 0.1) is 6.92 Å². The third-order valence-electron chi connectivity index (χ3n) is 4.12.